The highest BCUT2D eigenvalue weighted by Crippen LogP contribution is 2.40. The fraction of sp³-hybridized carbons (Fsp3) is 0.500. The number of hydrogen-bond acceptors (Lipinski definition) is 9. The second kappa shape index (κ2) is 11.8. The van der Waals surface area contributed by atoms with Crippen LogP contribution in [0.2, 0.25) is 0 Å². The summed E-state index contributed by atoms with van der Waals surface area (Å²) in [6.45, 7) is 13.2. The maximum Gasteiger partial charge on any atom is 0.326 e. The van der Waals surface area contributed by atoms with Crippen LogP contribution in [0.15, 0.2) is 36.9 Å². The van der Waals surface area contributed by atoms with Gasteiger partial charge in [0.05, 0.1) is 25.6 Å². The molecule has 0 aliphatic carbocycles. The molecule has 1 aromatic carbocycles. The highest BCUT2D eigenvalue weighted by molar-refractivity contribution is 7.60. The maximum atomic E-state index is 14.1. The Morgan fingerprint density at radius 2 is 1.77 bits per heavy atom. The fourth-order valence-corrected chi connectivity index (χ4v) is 5.95. The summed E-state index contributed by atoms with van der Waals surface area (Å²) in [6, 6.07) is 7.08. The van der Waals surface area contributed by atoms with Crippen LogP contribution in [0.4, 0.5) is 5.82 Å². The smallest absolute Gasteiger partial charge is 0.326 e. The Bertz CT molecular complexity index is 1370. The third-order valence-electron chi connectivity index (χ3n) is 5.97. The van der Waals surface area contributed by atoms with Crippen LogP contribution in [0.5, 0.6) is 0 Å². The van der Waals surface area contributed by atoms with Crippen molar-refractivity contribution in [1.82, 2.24) is 29.7 Å². The normalized spacial score (nSPS) is 14.5. The number of benzene rings is 1. The molecule has 13 heteroatoms. The summed E-state index contributed by atoms with van der Waals surface area (Å²) in [4.78, 5) is 38.1. The fourth-order valence-electron chi connectivity index (χ4n) is 3.85. The number of amides is 1. The molecular weight excluding hydrogens is 521 g/mol. The predicted molar refractivity (Wildman–Crippen MR) is 149 cm³/mol. The van der Waals surface area contributed by atoms with E-state index in [1.54, 1.807) is 36.9 Å². The third kappa shape index (κ3) is 7.62. The Balaban J connectivity index is 1.78. The van der Waals surface area contributed by atoms with Crippen LogP contribution in [-0.2, 0) is 30.8 Å². The van der Waals surface area contributed by atoms with Crippen LogP contribution in [0.25, 0.3) is 11.2 Å². The standard InChI is InChI=1S/C26H38N7O5P/c1-8-37-24(35)26(6,7)32-39(36,31-23(34)18-9-11-19(12-10-18)25(3,4)5)16-38-17(2)13-33-15-30-20-21(27)28-14-29-22(20)33/h9-12,14-15,17H,8,13,16H2,1-7H3,(H2,27,28,29)(H2,31,32,34,36)/t17-,39?/m0/s1. The van der Waals surface area contributed by atoms with Gasteiger partial charge in [0.2, 0.25) is 0 Å². The Kier molecular flexibility index (Phi) is 9.15. The van der Waals surface area contributed by atoms with Crippen LogP contribution >= 0.6 is 7.44 Å². The van der Waals surface area contributed by atoms with E-state index in [0.29, 0.717) is 23.3 Å². The summed E-state index contributed by atoms with van der Waals surface area (Å²) in [6.07, 6.45) is 2.07. The number of fused-ring (bicyclic) bond motifs is 1. The van der Waals surface area contributed by atoms with E-state index in [0.717, 1.165) is 5.56 Å². The van der Waals surface area contributed by atoms with Gasteiger partial charge >= 0.3 is 5.97 Å². The molecule has 0 aliphatic heterocycles. The molecule has 0 fully saturated rings. The highest BCUT2D eigenvalue weighted by atomic mass is 31.2. The number of carbonyl (C=O) groups excluding carboxylic acids is 2. The lowest BCUT2D eigenvalue weighted by molar-refractivity contribution is -0.148. The summed E-state index contributed by atoms with van der Waals surface area (Å²) < 4.78 is 26.9. The summed E-state index contributed by atoms with van der Waals surface area (Å²) >= 11 is 0. The number of anilines is 1. The second-order valence-corrected chi connectivity index (χ2v) is 13.1. The topological polar surface area (TPSA) is 163 Å². The lowest BCUT2D eigenvalue weighted by Gasteiger charge is -2.31. The molecule has 212 valence electrons. The quantitative estimate of drug-likeness (QED) is 0.233. The number of nitrogens with two attached hydrogens (primary N) is 1. The van der Waals surface area contributed by atoms with Crippen molar-refractivity contribution >= 4 is 36.3 Å². The van der Waals surface area contributed by atoms with Gasteiger partial charge in [-0.2, -0.15) is 0 Å². The molecule has 0 radical (unpaired) electrons. The predicted octanol–water partition coefficient (Wildman–Crippen LogP) is 3.62. The zero-order chi connectivity index (χ0) is 29.0. The number of carbonyl (C=O) groups is 2. The molecule has 1 unspecified atom stereocenters. The Morgan fingerprint density at radius 1 is 1.10 bits per heavy atom. The number of nitrogens with one attached hydrogen (secondary N) is 2. The van der Waals surface area contributed by atoms with Gasteiger partial charge in [-0.25, -0.2) is 20.0 Å². The molecule has 39 heavy (non-hydrogen) atoms. The van der Waals surface area contributed by atoms with E-state index in [1.165, 1.54) is 20.2 Å². The van der Waals surface area contributed by atoms with Crippen molar-refractivity contribution in [2.75, 3.05) is 18.7 Å². The molecule has 0 spiro atoms. The molecule has 2 aromatic heterocycles. The number of ether oxygens (including phenoxy) is 2. The van der Waals surface area contributed by atoms with E-state index >= 15 is 0 Å². The Labute approximate surface area is 228 Å². The van der Waals surface area contributed by atoms with E-state index in [9.17, 15) is 14.2 Å². The number of aromatic nitrogens is 4. The van der Waals surface area contributed by atoms with Crippen LogP contribution in [-0.4, -0.2) is 56.0 Å². The number of rotatable bonds is 11. The number of imidazole rings is 1. The summed E-state index contributed by atoms with van der Waals surface area (Å²) in [7, 11) is -3.83. The molecule has 0 aliphatic rings. The van der Waals surface area contributed by atoms with Crippen molar-refractivity contribution in [3.63, 3.8) is 0 Å². The van der Waals surface area contributed by atoms with Crippen LogP contribution in [0.1, 0.15) is 64.4 Å². The van der Waals surface area contributed by atoms with Crippen LogP contribution in [0.3, 0.4) is 0 Å². The zero-order valence-corrected chi connectivity index (χ0v) is 24.4. The molecule has 2 atom stereocenters. The molecular formula is C26H38N7O5P. The Hall–Kier alpha value is -3.34. The minimum atomic E-state index is -3.83. The molecule has 0 saturated heterocycles. The van der Waals surface area contributed by atoms with E-state index < -0.39 is 31.0 Å². The van der Waals surface area contributed by atoms with Gasteiger partial charge in [0.25, 0.3) is 13.4 Å². The first-order valence-electron chi connectivity index (χ1n) is 12.7. The van der Waals surface area contributed by atoms with Crippen molar-refractivity contribution in [3.05, 3.63) is 48.0 Å². The molecule has 2 heterocycles. The minimum Gasteiger partial charge on any atom is -0.465 e. The largest absolute Gasteiger partial charge is 0.465 e. The first-order chi connectivity index (χ1) is 18.1. The van der Waals surface area contributed by atoms with Crippen molar-refractivity contribution in [2.24, 2.45) is 0 Å². The van der Waals surface area contributed by atoms with Gasteiger partial charge in [-0.15, -0.1) is 0 Å². The van der Waals surface area contributed by atoms with Gasteiger partial charge in [0.15, 0.2) is 11.5 Å². The van der Waals surface area contributed by atoms with E-state index in [1.807, 2.05) is 12.1 Å². The van der Waals surface area contributed by atoms with Crippen molar-refractivity contribution < 1.29 is 23.6 Å². The minimum absolute atomic E-state index is 0.0855. The average Bonchev–Trinajstić information content (AvgIpc) is 3.26. The van der Waals surface area contributed by atoms with Crippen LogP contribution < -0.4 is 15.9 Å². The monoisotopic (exact) mass is 559 g/mol. The summed E-state index contributed by atoms with van der Waals surface area (Å²) in [5.41, 5.74) is 6.80. The maximum absolute atomic E-state index is 14.1. The van der Waals surface area contributed by atoms with Gasteiger partial charge in [0.1, 0.15) is 23.7 Å². The third-order valence-corrected chi connectivity index (χ3v) is 7.96. The van der Waals surface area contributed by atoms with Gasteiger partial charge in [-0.1, -0.05) is 32.9 Å². The number of hydrogen-bond donors (Lipinski definition) is 3. The van der Waals surface area contributed by atoms with Gasteiger partial charge in [-0.3, -0.25) is 19.2 Å². The molecule has 12 nitrogen and oxygen atoms in total. The average molecular weight is 560 g/mol. The summed E-state index contributed by atoms with van der Waals surface area (Å²) in [5, 5.41) is 5.40. The summed E-state index contributed by atoms with van der Waals surface area (Å²) in [5.74, 6) is -0.903. The molecule has 1 amide bonds. The molecule has 3 rings (SSSR count). The molecule has 0 saturated carbocycles. The Morgan fingerprint density at radius 3 is 2.38 bits per heavy atom. The zero-order valence-electron chi connectivity index (χ0n) is 23.5. The van der Waals surface area contributed by atoms with Crippen LogP contribution in [0, 0.1) is 0 Å². The van der Waals surface area contributed by atoms with Crippen molar-refractivity contribution in [3.8, 4) is 0 Å². The molecule has 4 N–H and O–H groups in total. The lowest BCUT2D eigenvalue weighted by Crippen LogP contribution is -2.49. The van der Waals surface area contributed by atoms with Gasteiger partial charge < -0.3 is 19.8 Å². The number of esters is 1. The highest BCUT2D eigenvalue weighted by Gasteiger charge is 2.39. The van der Waals surface area contributed by atoms with E-state index in [-0.39, 0.29) is 24.2 Å². The van der Waals surface area contributed by atoms with E-state index in [2.05, 4.69) is 45.9 Å². The number of nitrogens with zero attached hydrogens (tertiary/aromatic N) is 4. The van der Waals surface area contributed by atoms with Crippen molar-refractivity contribution in [2.45, 2.75) is 72.1 Å². The van der Waals surface area contributed by atoms with Gasteiger partial charge in [0, 0.05) is 5.56 Å². The first-order valence-corrected chi connectivity index (χ1v) is 14.6. The molecule has 3 aromatic rings. The van der Waals surface area contributed by atoms with E-state index in [4.69, 9.17) is 15.2 Å². The molecule has 0 bridgehead atoms. The van der Waals surface area contributed by atoms with Crippen molar-refractivity contribution in [1.29, 1.82) is 0 Å². The SMILES string of the molecule is CCOC(=O)C(C)(C)NP(=O)(CO[C@@H](C)Cn1cnc2c(N)ncnc21)NC(=O)c1ccc(C(C)(C)C)cc1. The van der Waals surface area contributed by atoms with Gasteiger partial charge in [-0.05, 0) is 50.8 Å². The number of nitrogen functional groups attached to an aromatic ring is 1. The first kappa shape index (κ1) is 30.2. The lowest BCUT2D eigenvalue weighted by atomic mass is 9.87. The second-order valence-electron chi connectivity index (χ2n) is 10.9.